The van der Waals surface area contributed by atoms with Gasteiger partial charge in [-0.05, 0) is 48.9 Å². The largest absolute Gasteiger partial charge is 0.481 e. The number of thiophene rings is 1. The summed E-state index contributed by atoms with van der Waals surface area (Å²) in [5.74, 6) is -1.31. The minimum absolute atomic E-state index is 0.0135. The summed E-state index contributed by atoms with van der Waals surface area (Å²) in [5.41, 5.74) is 2.43. The third-order valence-electron chi connectivity index (χ3n) is 3.73. The molecular formula is C15H15NO3S. The Morgan fingerprint density at radius 3 is 2.85 bits per heavy atom. The molecule has 0 saturated carbocycles. The number of rotatable bonds is 3. The maximum atomic E-state index is 12.5. The van der Waals surface area contributed by atoms with E-state index in [4.69, 9.17) is 0 Å². The molecule has 1 aliphatic heterocycles. The van der Waals surface area contributed by atoms with Crippen molar-refractivity contribution in [3.05, 3.63) is 45.4 Å². The lowest BCUT2D eigenvalue weighted by Crippen LogP contribution is -2.23. The molecule has 1 N–H and O–H groups in total. The van der Waals surface area contributed by atoms with Crippen molar-refractivity contribution in [3.8, 4) is 0 Å². The van der Waals surface area contributed by atoms with Crippen LogP contribution in [0.4, 0.5) is 0 Å². The Morgan fingerprint density at radius 1 is 1.40 bits per heavy atom. The average molecular weight is 289 g/mol. The van der Waals surface area contributed by atoms with Gasteiger partial charge in [0.05, 0.1) is 16.5 Å². The molecule has 2 aromatic rings. The van der Waals surface area contributed by atoms with Gasteiger partial charge < -0.3 is 9.67 Å². The van der Waals surface area contributed by atoms with Crippen LogP contribution in [-0.4, -0.2) is 21.4 Å². The van der Waals surface area contributed by atoms with E-state index < -0.39 is 11.9 Å². The van der Waals surface area contributed by atoms with Gasteiger partial charge in [-0.3, -0.25) is 9.59 Å². The number of carboxylic acids is 1. The number of hydrogen-bond acceptors (Lipinski definition) is 3. The Balaban J connectivity index is 2.00. The fraction of sp³-hybridized carbons (Fsp3) is 0.333. The number of hydrogen-bond donors (Lipinski definition) is 1. The van der Waals surface area contributed by atoms with E-state index in [2.05, 4.69) is 0 Å². The zero-order chi connectivity index (χ0) is 14.3. The molecule has 20 heavy (non-hydrogen) atoms. The van der Waals surface area contributed by atoms with Crippen molar-refractivity contribution in [2.75, 3.05) is 0 Å². The second-order valence-corrected chi connectivity index (χ2v) is 6.06. The van der Waals surface area contributed by atoms with Crippen molar-refractivity contribution in [1.29, 1.82) is 0 Å². The van der Waals surface area contributed by atoms with Gasteiger partial charge >= 0.3 is 5.97 Å². The summed E-state index contributed by atoms with van der Waals surface area (Å²) in [6.45, 7) is 2.68. The summed E-state index contributed by atoms with van der Waals surface area (Å²) in [6, 6.07) is 5.42. The smallest absolute Gasteiger partial charge is 0.312 e. The molecule has 1 aliphatic rings. The lowest BCUT2D eigenvalue weighted by Gasteiger charge is -2.23. The van der Waals surface area contributed by atoms with Crippen LogP contribution in [0.2, 0.25) is 0 Å². The molecule has 5 heteroatoms. The monoisotopic (exact) mass is 289 g/mol. The third kappa shape index (κ3) is 2.08. The van der Waals surface area contributed by atoms with Crippen molar-refractivity contribution in [2.45, 2.75) is 32.2 Å². The molecule has 3 heterocycles. The van der Waals surface area contributed by atoms with Crippen LogP contribution in [0.3, 0.4) is 0 Å². The molecule has 0 amide bonds. The zero-order valence-corrected chi connectivity index (χ0v) is 11.9. The van der Waals surface area contributed by atoms with Crippen molar-refractivity contribution in [1.82, 2.24) is 4.57 Å². The average Bonchev–Trinajstić information content (AvgIpc) is 3.03. The van der Waals surface area contributed by atoms with Gasteiger partial charge in [0.2, 0.25) is 5.78 Å². The highest BCUT2D eigenvalue weighted by Gasteiger charge is 2.29. The summed E-state index contributed by atoms with van der Waals surface area (Å²) < 4.78 is 1.87. The highest BCUT2D eigenvalue weighted by molar-refractivity contribution is 7.12. The number of fused-ring (bicyclic) bond motifs is 1. The molecule has 0 aromatic carbocycles. The van der Waals surface area contributed by atoms with Crippen LogP contribution < -0.4 is 0 Å². The lowest BCUT2D eigenvalue weighted by molar-refractivity contribution is -0.139. The SMILES string of the molecule is Cc1csc(C(=O)c2ccc3n2CCCC3C(=O)O)c1. The Morgan fingerprint density at radius 2 is 2.20 bits per heavy atom. The van der Waals surface area contributed by atoms with Crippen LogP contribution in [0.5, 0.6) is 0 Å². The first-order valence-electron chi connectivity index (χ1n) is 6.60. The molecule has 0 aliphatic carbocycles. The second-order valence-electron chi connectivity index (χ2n) is 5.15. The number of carbonyl (C=O) groups is 2. The maximum Gasteiger partial charge on any atom is 0.312 e. The molecule has 1 atom stereocenters. The van der Waals surface area contributed by atoms with Gasteiger partial charge in [-0.15, -0.1) is 11.3 Å². The molecule has 0 fully saturated rings. The summed E-state index contributed by atoms with van der Waals surface area (Å²) in [5, 5.41) is 11.2. The van der Waals surface area contributed by atoms with E-state index in [1.807, 2.05) is 22.9 Å². The number of nitrogens with zero attached hydrogens (tertiary/aromatic N) is 1. The minimum atomic E-state index is -0.810. The van der Waals surface area contributed by atoms with Crippen LogP contribution in [0, 0.1) is 6.92 Å². The molecule has 0 saturated heterocycles. The van der Waals surface area contributed by atoms with E-state index in [9.17, 15) is 14.7 Å². The minimum Gasteiger partial charge on any atom is -0.481 e. The quantitative estimate of drug-likeness (QED) is 0.883. The second kappa shape index (κ2) is 4.90. The van der Waals surface area contributed by atoms with Crippen LogP contribution in [0.1, 0.15) is 45.4 Å². The molecule has 104 valence electrons. The van der Waals surface area contributed by atoms with E-state index >= 15 is 0 Å². The maximum absolute atomic E-state index is 12.5. The van der Waals surface area contributed by atoms with Gasteiger partial charge in [-0.2, -0.15) is 0 Å². The Kier molecular flexibility index (Phi) is 3.22. The van der Waals surface area contributed by atoms with Crippen molar-refractivity contribution in [2.24, 2.45) is 0 Å². The van der Waals surface area contributed by atoms with Gasteiger partial charge in [0, 0.05) is 12.2 Å². The van der Waals surface area contributed by atoms with Crippen LogP contribution in [-0.2, 0) is 11.3 Å². The van der Waals surface area contributed by atoms with Gasteiger partial charge in [0.25, 0.3) is 0 Å². The Hall–Kier alpha value is -1.88. The fourth-order valence-electron chi connectivity index (χ4n) is 2.76. The van der Waals surface area contributed by atoms with E-state index in [1.165, 1.54) is 11.3 Å². The molecular weight excluding hydrogens is 274 g/mol. The predicted octanol–water partition coefficient (Wildman–Crippen LogP) is 3.05. The third-order valence-corrected chi connectivity index (χ3v) is 4.78. The van der Waals surface area contributed by atoms with Crippen LogP contribution >= 0.6 is 11.3 Å². The molecule has 2 aromatic heterocycles. The summed E-state index contributed by atoms with van der Waals surface area (Å²) in [6.07, 6.45) is 1.44. The van der Waals surface area contributed by atoms with E-state index in [-0.39, 0.29) is 5.78 Å². The molecule has 1 unspecified atom stereocenters. The topological polar surface area (TPSA) is 59.3 Å². The zero-order valence-electron chi connectivity index (χ0n) is 11.1. The number of carboxylic acid groups (broad SMARTS) is 1. The first-order chi connectivity index (χ1) is 9.58. The number of aryl methyl sites for hydroxylation is 1. The summed E-state index contributed by atoms with van der Waals surface area (Å²) >= 11 is 1.43. The van der Waals surface area contributed by atoms with Crippen molar-refractivity contribution in [3.63, 3.8) is 0 Å². The van der Waals surface area contributed by atoms with Gasteiger partial charge in [-0.1, -0.05) is 0 Å². The molecule has 4 nitrogen and oxygen atoms in total. The predicted molar refractivity (Wildman–Crippen MR) is 76.5 cm³/mol. The molecule has 0 radical (unpaired) electrons. The van der Waals surface area contributed by atoms with E-state index in [0.29, 0.717) is 17.0 Å². The highest BCUT2D eigenvalue weighted by atomic mass is 32.1. The molecule has 0 spiro atoms. The van der Waals surface area contributed by atoms with E-state index in [0.717, 1.165) is 24.2 Å². The lowest BCUT2D eigenvalue weighted by atomic mass is 9.96. The number of carbonyl (C=O) groups excluding carboxylic acids is 1. The van der Waals surface area contributed by atoms with Gasteiger partial charge in [0.1, 0.15) is 0 Å². The first kappa shape index (κ1) is 13.1. The fourth-order valence-corrected chi connectivity index (χ4v) is 3.61. The first-order valence-corrected chi connectivity index (χ1v) is 7.48. The molecule has 0 bridgehead atoms. The highest BCUT2D eigenvalue weighted by Crippen LogP contribution is 2.31. The number of ketones is 1. The van der Waals surface area contributed by atoms with Gasteiger partial charge in [-0.25, -0.2) is 0 Å². The van der Waals surface area contributed by atoms with Crippen molar-refractivity contribution < 1.29 is 14.7 Å². The Bertz CT molecular complexity index is 683. The normalized spacial score (nSPS) is 17.8. The van der Waals surface area contributed by atoms with E-state index in [1.54, 1.807) is 12.1 Å². The Labute approximate surface area is 120 Å². The molecule has 3 rings (SSSR count). The van der Waals surface area contributed by atoms with Crippen LogP contribution in [0.15, 0.2) is 23.6 Å². The van der Waals surface area contributed by atoms with Crippen molar-refractivity contribution >= 4 is 23.1 Å². The summed E-state index contributed by atoms with van der Waals surface area (Å²) in [4.78, 5) is 24.5. The summed E-state index contributed by atoms with van der Waals surface area (Å²) in [7, 11) is 0. The number of aromatic nitrogens is 1. The standard InChI is InChI=1S/C15H15NO3S/c1-9-7-13(20-8-9)14(17)12-5-4-11-10(15(18)19)3-2-6-16(11)12/h4-5,7-8,10H,2-3,6H2,1H3,(H,18,19). The number of aliphatic carboxylic acids is 1. The van der Waals surface area contributed by atoms with Gasteiger partial charge in [0.15, 0.2) is 0 Å². The van der Waals surface area contributed by atoms with Crippen LogP contribution in [0.25, 0.3) is 0 Å².